The van der Waals surface area contributed by atoms with Crippen molar-refractivity contribution in [1.29, 1.82) is 0 Å². The molecule has 3 rings (SSSR count). The van der Waals surface area contributed by atoms with Crippen LogP contribution in [0.3, 0.4) is 0 Å². The molecule has 31 heavy (non-hydrogen) atoms. The van der Waals surface area contributed by atoms with Crippen LogP contribution in [0, 0.1) is 0 Å². The molecule has 0 aliphatic carbocycles. The van der Waals surface area contributed by atoms with E-state index in [1.165, 1.54) is 29.7 Å². The highest BCUT2D eigenvalue weighted by molar-refractivity contribution is 7.93. The molecule has 9 nitrogen and oxygen atoms in total. The van der Waals surface area contributed by atoms with Gasteiger partial charge in [0.15, 0.2) is 14.6 Å². The van der Waals surface area contributed by atoms with Crippen molar-refractivity contribution in [2.24, 2.45) is 0 Å². The molecule has 1 fully saturated rings. The van der Waals surface area contributed by atoms with Gasteiger partial charge in [-0.2, -0.15) is 0 Å². The fraction of sp³-hybridized carbons (Fsp3) is 0.333. The first-order valence-electron chi connectivity index (χ1n) is 9.64. The number of aliphatic carboxylic acids is 1. The van der Waals surface area contributed by atoms with E-state index in [2.05, 4.69) is 0 Å². The maximum atomic E-state index is 13.2. The largest absolute Gasteiger partial charge is 0.481 e. The smallest absolute Gasteiger partial charge is 0.303 e. The SMILES string of the molecule is O=C(O)CCc1ccc(Oc2ccc(S(=O)(=O)C3(C(=O)NO)CCOCC3)cc2)cc1. The number of rotatable bonds is 8. The summed E-state index contributed by atoms with van der Waals surface area (Å²) in [6.07, 6.45) is 0.330. The lowest BCUT2D eigenvalue weighted by Crippen LogP contribution is -2.54. The van der Waals surface area contributed by atoms with Crippen LogP contribution in [0.1, 0.15) is 24.8 Å². The van der Waals surface area contributed by atoms with Gasteiger partial charge in [0, 0.05) is 19.6 Å². The lowest BCUT2D eigenvalue weighted by molar-refractivity contribution is -0.137. The number of carboxylic acid groups (broad SMARTS) is 1. The Morgan fingerprint density at radius 3 is 2.06 bits per heavy atom. The highest BCUT2D eigenvalue weighted by Crippen LogP contribution is 2.36. The molecular formula is C21H23NO8S. The Balaban J connectivity index is 1.76. The van der Waals surface area contributed by atoms with Crippen LogP contribution in [0.5, 0.6) is 11.5 Å². The molecular weight excluding hydrogens is 426 g/mol. The minimum absolute atomic E-state index is 0.0397. The molecule has 166 valence electrons. The molecule has 1 heterocycles. The summed E-state index contributed by atoms with van der Waals surface area (Å²) in [4.78, 5) is 22.9. The molecule has 0 radical (unpaired) electrons. The summed E-state index contributed by atoms with van der Waals surface area (Å²) in [5, 5.41) is 17.8. The standard InChI is InChI=1S/C21H23NO8S/c23-19(24)10-3-15-1-4-16(5-2-15)30-17-6-8-18(9-7-17)31(27,28)21(20(25)22-26)11-13-29-14-12-21/h1-2,4-9,26H,3,10-14H2,(H,22,25)(H,23,24). The molecule has 0 unspecified atom stereocenters. The molecule has 2 aromatic rings. The number of aryl methyl sites for hydroxylation is 1. The Bertz CT molecular complexity index is 1030. The van der Waals surface area contributed by atoms with E-state index >= 15 is 0 Å². The summed E-state index contributed by atoms with van der Waals surface area (Å²) in [6, 6.07) is 12.6. The molecule has 0 saturated carbocycles. The van der Waals surface area contributed by atoms with Gasteiger partial charge in [-0.3, -0.25) is 14.8 Å². The van der Waals surface area contributed by atoms with Gasteiger partial charge in [0.25, 0.3) is 5.91 Å². The van der Waals surface area contributed by atoms with Crippen LogP contribution in [-0.4, -0.2) is 48.6 Å². The summed E-state index contributed by atoms with van der Waals surface area (Å²) in [5.41, 5.74) is 2.35. The monoisotopic (exact) mass is 449 g/mol. The topological polar surface area (TPSA) is 139 Å². The summed E-state index contributed by atoms with van der Waals surface area (Å²) in [5.74, 6) is -0.936. The predicted octanol–water partition coefficient (Wildman–Crippen LogP) is 2.32. The van der Waals surface area contributed by atoms with E-state index in [9.17, 15) is 18.0 Å². The molecule has 2 aromatic carbocycles. The molecule has 1 saturated heterocycles. The zero-order chi connectivity index (χ0) is 22.5. The lowest BCUT2D eigenvalue weighted by Gasteiger charge is -2.34. The van der Waals surface area contributed by atoms with Gasteiger partial charge in [-0.05, 0) is 61.2 Å². The molecule has 0 atom stereocenters. The Labute approximate surface area is 179 Å². The minimum Gasteiger partial charge on any atom is -0.481 e. The van der Waals surface area contributed by atoms with Crippen LogP contribution >= 0.6 is 0 Å². The number of ether oxygens (including phenoxy) is 2. The quantitative estimate of drug-likeness (QED) is 0.412. The molecule has 1 amide bonds. The third-order valence-corrected chi connectivity index (χ3v) is 7.77. The van der Waals surface area contributed by atoms with Gasteiger partial charge in [-0.25, -0.2) is 13.9 Å². The number of hydroxylamine groups is 1. The van der Waals surface area contributed by atoms with E-state index < -0.39 is 26.5 Å². The zero-order valence-electron chi connectivity index (χ0n) is 16.6. The van der Waals surface area contributed by atoms with Crippen LogP contribution in [0.15, 0.2) is 53.4 Å². The maximum Gasteiger partial charge on any atom is 0.303 e. The molecule has 0 aromatic heterocycles. The fourth-order valence-corrected chi connectivity index (χ4v) is 5.38. The van der Waals surface area contributed by atoms with Crippen molar-refractivity contribution >= 4 is 21.7 Å². The van der Waals surface area contributed by atoms with E-state index in [0.29, 0.717) is 17.9 Å². The normalized spacial score (nSPS) is 15.8. The average Bonchev–Trinajstić information content (AvgIpc) is 2.78. The second-order valence-corrected chi connectivity index (χ2v) is 9.42. The van der Waals surface area contributed by atoms with E-state index in [1.54, 1.807) is 24.3 Å². The first-order valence-corrected chi connectivity index (χ1v) is 11.1. The van der Waals surface area contributed by atoms with Crippen molar-refractivity contribution in [2.45, 2.75) is 35.3 Å². The van der Waals surface area contributed by atoms with E-state index in [4.69, 9.17) is 19.8 Å². The van der Waals surface area contributed by atoms with Crippen molar-refractivity contribution in [1.82, 2.24) is 5.48 Å². The number of carbonyl (C=O) groups is 2. The van der Waals surface area contributed by atoms with Gasteiger partial charge in [-0.15, -0.1) is 0 Å². The molecule has 0 spiro atoms. The number of nitrogens with one attached hydrogen (secondary N) is 1. The van der Waals surface area contributed by atoms with Gasteiger partial charge in [-0.1, -0.05) is 12.1 Å². The number of carboxylic acids is 1. The van der Waals surface area contributed by atoms with Crippen molar-refractivity contribution in [3.63, 3.8) is 0 Å². The summed E-state index contributed by atoms with van der Waals surface area (Å²) in [6.45, 7) is 0.187. The fourth-order valence-electron chi connectivity index (χ4n) is 3.44. The highest BCUT2D eigenvalue weighted by Gasteiger charge is 2.52. The second kappa shape index (κ2) is 9.46. The van der Waals surface area contributed by atoms with Crippen molar-refractivity contribution < 1.29 is 37.8 Å². The average molecular weight is 449 g/mol. The van der Waals surface area contributed by atoms with Crippen molar-refractivity contribution in [3.05, 3.63) is 54.1 Å². The van der Waals surface area contributed by atoms with Crippen molar-refractivity contribution in [3.8, 4) is 11.5 Å². The van der Waals surface area contributed by atoms with Gasteiger partial charge >= 0.3 is 5.97 Å². The van der Waals surface area contributed by atoms with E-state index in [0.717, 1.165) is 5.56 Å². The van der Waals surface area contributed by atoms with E-state index in [-0.39, 0.29) is 37.4 Å². The van der Waals surface area contributed by atoms with Crippen LogP contribution < -0.4 is 10.2 Å². The minimum atomic E-state index is -4.10. The van der Waals surface area contributed by atoms with E-state index in [1.807, 2.05) is 0 Å². The molecule has 0 bridgehead atoms. The van der Waals surface area contributed by atoms with Gasteiger partial charge in [0.05, 0.1) is 4.90 Å². The first-order chi connectivity index (χ1) is 14.8. The third-order valence-electron chi connectivity index (χ3n) is 5.25. The number of hydrogen-bond donors (Lipinski definition) is 3. The van der Waals surface area contributed by atoms with Crippen LogP contribution in [0.2, 0.25) is 0 Å². The third kappa shape index (κ3) is 4.87. The number of sulfone groups is 1. The molecule has 1 aliphatic rings. The predicted molar refractivity (Wildman–Crippen MR) is 109 cm³/mol. The Hall–Kier alpha value is -2.95. The summed E-state index contributed by atoms with van der Waals surface area (Å²) < 4.78 is 35.5. The van der Waals surface area contributed by atoms with Crippen molar-refractivity contribution in [2.75, 3.05) is 13.2 Å². The Kier molecular flexibility index (Phi) is 6.94. The van der Waals surface area contributed by atoms with Crippen LogP contribution in [0.25, 0.3) is 0 Å². The Morgan fingerprint density at radius 2 is 1.55 bits per heavy atom. The van der Waals surface area contributed by atoms with Gasteiger partial charge in [0.1, 0.15) is 11.5 Å². The molecule has 10 heteroatoms. The molecule has 3 N–H and O–H groups in total. The summed E-state index contributed by atoms with van der Waals surface area (Å²) in [7, 11) is -4.10. The zero-order valence-corrected chi connectivity index (χ0v) is 17.4. The van der Waals surface area contributed by atoms with Gasteiger partial charge < -0.3 is 14.6 Å². The Morgan fingerprint density at radius 1 is 1.00 bits per heavy atom. The van der Waals surface area contributed by atoms with Crippen LogP contribution in [-0.2, 0) is 30.6 Å². The highest BCUT2D eigenvalue weighted by atomic mass is 32.2. The maximum absolute atomic E-state index is 13.2. The number of carbonyl (C=O) groups excluding carboxylic acids is 1. The first kappa shape index (κ1) is 22.7. The number of hydrogen-bond acceptors (Lipinski definition) is 7. The number of amides is 1. The van der Waals surface area contributed by atoms with Crippen LogP contribution in [0.4, 0.5) is 0 Å². The summed E-state index contributed by atoms with van der Waals surface area (Å²) >= 11 is 0. The second-order valence-electron chi connectivity index (χ2n) is 7.16. The van der Waals surface area contributed by atoms with Gasteiger partial charge in [0.2, 0.25) is 0 Å². The molecule has 1 aliphatic heterocycles. The lowest BCUT2D eigenvalue weighted by atomic mass is 9.98. The number of benzene rings is 2.